The lowest BCUT2D eigenvalue weighted by Crippen LogP contribution is -2.38. The van der Waals surface area contributed by atoms with Gasteiger partial charge in [0, 0.05) is 26.8 Å². The third-order valence-electron chi connectivity index (χ3n) is 2.76. The Morgan fingerprint density at radius 1 is 1.44 bits per heavy atom. The van der Waals surface area contributed by atoms with E-state index < -0.39 is 0 Å². The maximum atomic E-state index is 5.61. The zero-order valence-electron chi connectivity index (χ0n) is 10.8. The standard InChI is InChI=1S/C12H19N3O3/c1-15(6-11-8-17-3-4-18-11)12-5-10(7-16-2)13-9-14-12/h5,9,11H,3-4,6-8H2,1-2H3/t11-/m0/s1. The lowest BCUT2D eigenvalue weighted by molar-refractivity contribution is -0.0837. The molecule has 6 nitrogen and oxygen atoms in total. The highest BCUT2D eigenvalue weighted by molar-refractivity contribution is 5.37. The Bertz CT molecular complexity index is 369. The summed E-state index contributed by atoms with van der Waals surface area (Å²) >= 11 is 0. The summed E-state index contributed by atoms with van der Waals surface area (Å²) < 4.78 is 16.0. The molecule has 1 aromatic heterocycles. The van der Waals surface area contributed by atoms with Gasteiger partial charge in [0.15, 0.2) is 0 Å². The van der Waals surface area contributed by atoms with Crippen LogP contribution in [0, 0.1) is 0 Å². The van der Waals surface area contributed by atoms with Gasteiger partial charge in [-0.2, -0.15) is 0 Å². The van der Waals surface area contributed by atoms with E-state index in [4.69, 9.17) is 14.2 Å². The van der Waals surface area contributed by atoms with E-state index in [9.17, 15) is 0 Å². The number of rotatable bonds is 5. The molecular formula is C12H19N3O3. The first-order valence-corrected chi connectivity index (χ1v) is 6.00. The second-order valence-electron chi connectivity index (χ2n) is 4.25. The van der Waals surface area contributed by atoms with E-state index in [2.05, 4.69) is 9.97 Å². The molecule has 0 unspecified atom stereocenters. The molecule has 0 bridgehead atoms. The highest BCUT2D eigenvalue weighted by Crippen LogP contribution is 2.12. The fraction of sp³-hybridized carbons (Fsp3) is 0.667. The number of ether oxygens (including phenoxy) is 3. The van der Waals surface area contributed by atoms with Crippen LogP contribution < -0.4 is 4.90 Å². The van der Waals surface area contributed by atoms with Crippen LogP contribution in [0.25, 0.3) is 0 Å². The molecule has 1 saturated heterocycles. The highest BCUT2D eigenvalue weighted by atomic mass is 16.6. The Kier molecular flexibility index (Phi) is 4.86. The molecule has 1 aromatic rings. The highest BCUT2D eigenvalue weighted by Gasteiger charge is 2.17. The molecule has 2 rings (SSSR count). The van der Waals surface area contributed by atoms with Crippen molar-refractivity contribution in [3.05, 3.63) is 18.1 Å². The monoisotopic (exact) mass is 253 g/mol. The van der Waals surface area contributed by atoms with Crippen LogP contribution in [0.2, 0.25) is 0 Å². The number of nitrogens with zero attached hydrogens (tertiary/aromatic N) is 3. The van der Waals surface area contributed by atoms with Crippen LogP contribution in [-0.4, -0.2) is 56.6 Å². The van der Waals surface area contributed by atoms with Crippen molar-refractivity contribution in [1.29, 1.82) is 0 Å². The SMILES string of the molecule is COCc1cc(N(C)C[C@H]2COCCO2)ncn1. The van der Waals surface area contributed by atoms with Gasteiger partial charge >= 0.3 is 0 Å². The number of hydrogen-bond acceptors (Lipinski definition) is 6. The first-order chi connectivity index (χ1) is 8.79. The van der Waals surface area contributed by atoms with Crippen molar-refractivity contribution >= 4 is 5.82 Å². The minimum Gasteiger partial charge on any atom is -0.378 e. The van der Waals surface area contributed by atoms with Gasteiger partial charge in [-0.1, -0.05) is 0 Å². The first-order valence-electron chi connectivity index (χ1n) is 6.00. The smallest absolute Gasteiger partial charge is 0.132 e. The molecule has 0 radical (unpaired) electrons. The van der Waals surface area contributed by atoms with E-state index in [1.807, 2.05) is 18.0 Å². The first kappa shape index (κ1) is 13.2. The topological polar surface area (TPSA) is 56.7 Å². The van der Waals surface area contributed by atoms with E-state index >= 15 is 0 Å². The number of hydrogen-bond donors (Lipinski definition) is 0. The largest absolute Gasteiger partial charge is 0.378 e. The Labute approximate surface area is 107 Å². The third-order valence-corrected chi connectivity index (χ3v) is 2.76. The maximum Gasteiger partial charge on any atom is 0.132 e. The van der Waals surface area contributed by atoms with Crippen molar-refractivity contribution in [2.75, 3.05) is 45.4 Å². The average Bonchev–Trinajstić information content (AvgIpc) is 2.40. The minimum atomic E-state index is 0.101. The molecule has 0 amide bonds. The van der Waals surface area contributed by atoms with Crippen molar-refractivity contribution < 1.29 is 14.2 Å². The molecule has 0 aromatic carbocycles. The Hall–Kier alpha value is -1.24. The fourth-order valence-corrected chi connectivity index (χ4v) is 1.86. The van der Waals surface area contributed by atoms with E-state index in [1.165, 1.54) is 0 Å². The summed E-state index contributed by atoms with van der Waals surface area (Å²) in [6.45, 7) is 3.24. The van der Waals surface area contributed by atoms with Crippen LogP contribution in [0.3, 0.4) is 0 Å². The maximum absolute atomic E-state index is 5.61. The lowest BCUT2D eigenvalue weighted by Gasteiger charge is -2.28. The Balaban J connectivity index is 1.94. The molecule has 0 saturated carbocycles. The van der Waals surface area contributed by atoms with Gasteiger partial charge in [0.25, 0.3) is 0 Å². The van der Waals surface area contributed by atoms with Crippen LogP contribution in [0.1, 0.15) is 5.69 Å². The lowest BCUT2D eigenvalue weighted by atomic mass is 10.3. The van der Waals surface area contributed by atoms with Crippen molar-refractivity contribution in [1.82, 2.24) is 9.97 Å². The van der Waals surface area contributed by atoms with Gasteiger partial charge in [-0.05, 0) is 0 Å². The fourth-order valence-electron chi connectivity index (χ4n) is 1.86. The van der Waals surface area contributed by atoms with E-state index in [0.717, 1.165) is 18.1 Å². The summed E-state index contributed by atoms with van der Waals surface area (Å²) in [5.41, 5.74) is 0.871. The molecule has 1 atom stereocenters. The predicted molar refractivity (Wildman–Crippen MR) is 66.6 cm³/mol. The molecule has 0 aliphatic carbocycles. The van der Waals surface area contributed by atoms with Gasteiger partial charge in [0.2, 0.25) is 0 Å². The molecule has 1 aliphatic heterocycles. The summed E-state index contributed by atoms with van der Waals surface area (Å²) in [4.78, 5) is 10.4. The second kappa shape index (κ2) is 6.63. The van der Waals surface area contributed by atoms with Gasteiger partial charge in [0.1, 0.15) is 12.1 Å². The van der Waals surface area contributed by atoms with Crippen LogP contribution >= 0.6 is 0 Å². The van der Waals surface area contributed by atoms with Crippen molar-refractivity contribution in [2.45, 2.75) is 12.7 Å². The summed E-state index contributed by atoms with van der Waals surface area (Å²) in [5, 5.41) is 0. The van der Waals surface area contributed by atoms with Crippen LogP contribution in [0.15, 0.2) is 12.4 Å². The van der Waals surface area contributed by atoms with Gasteiger partial charge in [-0.25, -0.2) is 9.97 Å². The average molecular weight is 253 g/mol. The molecule has 0 N–H and O–H groups in total. The quantitative estimate of drug-likeness (QED) is 0.760. The minimum absolute atomic E-state index is 0.101. The van der Waals surface area contributed by atoms with Gasteiger partial charge < -0.3 is 19.1 Å². The van der Waals surface area contributed by atoms with Gasteiger partial charge in [-0.15, -0.1) is 0 Å². The molecular weight excluding hydrogens is 234 g/mol. The Morgan fingerprint density at radius 2 is 2.33 bits per heavy atom. The second-order valence-corrected chi connectivity index (χ2v) is 4.25. The molecule has 1 aliphatic rings. The third kappa shape index (κ3) is 3.63. The summed E-state index contributed by atoms with van der Waals surface area (Å²) in [5.74, 6) is 0.867. The van der Waals surface area contributed by atoms with Crippen LogP contribution in [0.4, 0.5) is 5.82 Å². The van der Waals surface area contributed by atoms with Gasteiger partial charge in [0.05, 0.1) is 38.2 Å². The van der Waals surface area contributed by atoms with Gasteiger partial charge in [-0.3, -0.25) is 0 Å². The number of aromatic nitrogens is 2. The van der Waals surface area contributed by atoms with E-state index in [0.29, 0.717) is 26.4 Å². The summed E-state index contributed by atoms with van der Waals surface area (Å²) in [6, 6.07) is 1.92. The molecule has 18 heavy (non-hydrogen) atoms. The number of methoxy groups -OCH3 is 1. The molecule has 1 fully saturated rings. The predicted octanol–water partition coefficient (Wildman–Crippen LogP) is 0.475. The zero-order chi connectivity index (χ0) is 12.8. The summed E-state index contributed by atoms with van der Waals surface area (Å²) in [6.07, 6.45) is 1.66. The van der Waals surface area contributed by atoms with Crippen molar-refractivity contribution in [2.24, 2.45) is 0 Å². The van der Waals surface area contributed by atoms with Crippen molar-refractivity contribution in [3.8, 4) is 0 Å². The van der Waals surface area contributed by atoms with E-state index in [1.54, 1.807) is 13.4 Å². The number of likely N-dealkylation sites (N-methyl/N-ethyl adjacent to an activating group) is 1. The Morgan fingerprint density at radius 3 is 3.06 bits per heavy atom. The molecule has 0 spiro atoms. The normalized spacial score (nSPS) is 19.8. The number of anilines is 1. The van der Waals surface area contributed by atoms with Crippen LogP contribution in [-0.2, 0) is 20.8 Å². The summed E-state index contributed by atoms with van der Waals surface area (Å²) in [7, 11) is 3.63. The van der Waals surface area contributed by atoms with Crippen LogP contribution in [0.5, 0.6) is 0 Å². The zero-order valence-corrected chi connectivity index (χ0v) is 10.8. The molecule has 100 valence electrons. The molecule has 2 heterocycles. The molecule has 6 heteroatoms. The van der Waals surface area contributed by atoms with E-state index in [-0.39, 0.29) is 6.10 Å². The van der Waals surface area contributed by atoms with Crippen molar-refractivity contribution in [3.63, 3.8) is 0 Å².